The van der Waals surface area contributed by atoms with Crippen molar-refractivity contribution < 1.29 is 22.7 Å². The zero-order valence-electron chi connectivity index (χ0n) is 17.1. The largest absolute Gasteiger partial charge is 0.493 e. The van der Waals surface area contributed by atoms with Gasteiger partial charge < -0.3 is 14.8 Å². The first-order valence-electron chi connectivity index (χ1n) is 9.84. The number of hydrogen-bond acceptors (Lipinski definition) is 6. The number of ether oxygens (including phenoxy) is 2. The molecule has 8 nitrogen and oxygen atoms in total. The molecule has 1 aromatic heterocycles. The van der Waals surface area contributed by atoms with Crippen LogP contribution in [0.5, 0.6) is 11.5 Å². The maximum absolute atomic E-state index is 12.8. The molecule has 2 N–H and O–H groups in total. The fourth-order valence-electron chi connectivity index (χ4n) is 3.58. The summed E-state index contributed by atoms with van der Waals surface area (Å²) in [5.74, 6) is 0.715. The Kier molecular flexibility index (Phi) is 7.28. The van der Waals surface area contributed by atoms with Crippen LogP contribution < -0.4 is 19.5 Å². The van der Waals surface area contributed by atoms with Gasteiger partial charge in [0.05, 0.1) is 19.1 Å². The lowest BCUT2D eigenvalue weighted by atomic mass is 9.86. The molecular weight excluding hydrogens is 406 g/mol. The van der Waals surface area contributed by atoms with Gasteiger partial charge >= 0.3 is 0 Å². The lowest BCUT2D eigenvalue weighted by molar-refractivity contribution is -0.126. The average Bonchev–Trinajstić information content (AvgIpc) is 2.77. The Morgan fingerprint density at radius 3 is 2.47 bits per heavy atom. The van der Waals surface area contributed by atoms with Crippen LogP contribution in [0.1, 0.15) is 31.2 Å². The second-order valence-electron chi connectivity index (χ2n) is 7.27. The predicted molar refractivity (Wildman–Crippen MR) is 112 cm³/mol. The monoisotopic (exact) mass is 433 g/mol. The zero-order chi connectivity index (χ0) is 21.6. The topological polar surface area (TPSA) is 107 Å². The first-order chi connectivity index (χ1) is 14.4. The predicted octanol–water partition coefficient (Wildman–Crippen LogP) is 2.25. The minimum atomic E-state index is -3.69. The van der Waals surface area contributed by atoms with Crippen LogP contribution in [0.25, 0.3) is 0 Å². The van der Waals surface area contributed by atoms with E-state index in [1.165, 1.54) is 26.4 Å². The molecule has 1 fully saturated rings. The van der Waals surface area contributed by atoms with Crippen LogP contribution in [-0.2, 0) is 21.4 Å². The van der Waals surface area contributed by atoms with E-state index < -0.39 is 10.0 Å². The highest BCUT2D eigenvalue weighted by Gasteiger charge is 2.29. The maximum atomic E-state index is 12.8. The van der Waals surface area contributed by atoms with Gasteiger partial charge in [-0.1, -0.05) is 6.07 Å². The summed E-state index contributed by atoms with van der Waals surface area (Å²) in [6.45, 7) is 0.443. The summed E-state index contributed by atoms with van der Waals surface area (Å²) in [6, 6.07) is 8.03. The number of benzene rings is 1. The molecule has 0 spiro atoms. The first kappa shape index (κ1) is 22.0. The molecule has 162 valence electrons. The number of sulfonamides is 1. The molecule has 1 saturated carbocycles. The average molecular weight is 434 g/mol. The normalized spacial score (nSPS) is 19.1. The van der Waals surface area contributed by atoms with Crippen LogP contribution >= 0.6 is 0 Å². The van der Waals surface area contributed by atoms with E-state index >= 15 is 0 Å². The van der Waals surface area contributed by atoms with Crippen molar-refractivity contribution >= 4 is 15.9 Å². The van der Waals surface area contributed by atoms with Gasteiger partial charge in [0.25, 0.3) is 0 Å². The molecule has 1 aliphatic rings. The number of amides is 1. The van der Waals surface area contributed by atoms with E-state index in [0.29, 0.717) is 43.7 Å². The van der Waals surface area contributed by atoms with Crippen LogP contribution in [0.15, 0.2) is 47.6 Å². The second-order valence-corrected chi connectivity index (χ2v) is 8.98. The van der Waals surface area contributed by atoms with Gasteiger partial charge in [-0.2, -0.15) is 0 Å². The molecule has 0 atom stereocenters. The third-order valence-corrected chi connectivity index (χ3v) is 6.79. The van der Waals surface area contributed by atoms with E-state index in [4.69, 9.17) is 9.47 Å². The summed E-state index contributed by atoms with van der Waals surface area (Å²) in [5, 5.41) is 2.94. The number of aromatic nitrogens is 1. The Balaban J connectivity index is 1.53. The highest BCUT2D eigenvalue weighted by molar-refractivity contribution is 7.89. The third-order valence-electron chi connectivity index (χ3n) is 5.27. The number of methoxy groups -OCH3 is 2. The molecule has 1 amide bonds. The van der Waals surface area contributed by atoms with Gasteiger partial charge in [0.2, 0.25) is 15.9 Å². The quantitative estimate of drug-likeness (QED) is 0.661. The molecule has 30 heavy (non-hydrogen) atoms. The number of carbonyl (C=O) groups excluding carboxylic acids is 1. The molecule has 0 aliphatic heterocycles. The molecule has 1 heterocycles. The van der Waals surface area contributed by atoms with Crippen LogP contribution in [-0.4, -0.2) is 39.6 Å². The lowest BCUT2D eigenvalue weighted by Crippen LogP contribution is -2.40. The highest BCUT2D eigenvalue weighted by Crippen LogP contribution is 2.30. The fraction of sp³-hybridized carbons (Fsp3) is 0.429. The van der Waals surface area contributed by atoms with Crippen molar-refractivity contribution in [2.75, 3.05) is 14.2 Å². The minimum Gasteiger partial charge on any atom is -0.493 e. The first-order valence-corrected chi connectivity index (χ1v) is 11.3. The van der Waals surface area contributed by atoms with Gasteiger partial charge in [-0.15, -0.1) is 0 Å². The zero-order valence-corrected chi connectivity index (χ0v) is 17.9. The number of pyridine rings is 1. The molecule has 1 aliphatic carbocycles. The Morgan fingerprint density at radius 1 is 1.10 bits per heavy atom. The van der Waals surface area contributed by atoms with Crippen molar-refractivity contribution in [1.82, 2.24) is 15.0 Å². The third kappa shape index (κ3) is 5.48. The Labute approximate surface area is 177 Å². The maximum Gasteiger partial charge on any atom is 0.240 e. The summed E-state index contributed by atoms with van der Waals surface area (Å²) in [6.07, 6.45) is 5.90. The Morgan fingerprint density at radius 2 is 1.83 bits per heavy atom. The van der Waals surface area contributed by atoms with Crippen LogP contribution in [0.3, 0.4) is 0 Å². The molecule has 0 saturated heterocycles. The van der Waals surface area contributed by atoms with Crippen molar-refractivity contribution in [3.8, 4) is 11.5 Å². The number of nitrogens with zero attached hydrogens (tertiary/aromatic N) is 1. The molecule has 0 bridgehead atoms. The summed E-state index contributed by atoms with van der Waals surface area (Å²) in [5.41, 5.74) is 0.946. The SMILES string of the molecule is COc1ccc(S(=O)(=O)N[C@H]2CC[C@H](C(=O)NCc3cccnc3)CC2)cc1OC. The summed E-state index contributed by atoms with van der Waals surface area (Å²) >= 11 is 0. The van der Waals surface area contributed by atoms with Gasteiger partial charge in [-0.3, -0.25) is 9.78 Å². The summed E-state index contributed by atoms with van der Waals surface area (Å²) < 4.78 is 38.6. The van der Waals surface area contributed by atoms with Gasteiger partial charge in [0.1, 0.15) is 0 Å². The van der Waals surface area contributed by atoms with E-state index in [-0.39, 0.29) is 22.8 Å². The molecule has 1 aromatic carbocycles. The van der Waals surface area contributed by atoms with Crippen LogP contribution in [0.4, 0.5) is 0 Å². The van der Waals surface area contributed by atoms with E-state index in [1.807, 2.05) is 12.1 Å². The Bertz CT molecular complexity index is 958. The summed E-state index contributed by atoms with van der Waals surface area (Å²) in [4.78, 5) is 16.6. The van der Waals surface area contributed by atoms with E-state index in [0.717, 1.165) is 5.56 Å². The smallest absolute Gasteiger partial charge is 0.240 e. The number of carbonyl (C=O) groups is 1. The fourth-order valence-corrected chi connectivity index (χ4v) is 4.90. The van der Waals surface area contributed by atoms with Crippen molar-refractivity contribution in [2.24, 2.45) is 5.92 Å². The van der Waals surface area contributed by atoms with Crippen molar-refractivity contribution in [1.29, 1.82) is 0 Å². The van der Waals surface area contributed by atoms with Crippen molar-refractivity contribution in [2.45, 2.75) is 43.2 Å². The molecule has 9 heteroatoms. The van der Waals surface area contributed by atoms with Gasteiger partial charge in [-0.25, -0.2) is 13.1 Å². The van der Waals surface area contributed by atoms with Crippen LogP contribution in [0.2, 0.25) is 0 Å². The van der Waals surface area contributed by atoms with Crippen molar-refractivity contribution in [3.05, 3.63) is 48.3 Å². The standard InChI is InChI=1S/C21H27N3O5S/c1-28-19-10-9-18(12-20(19)29-2)30(26,27)24-17-7-5-16(6-8-17)21(25)23-14-15-4-3-11-22-13-15/h3-4,9-13,16-17,24H,5-8,14H2,1-2H3,(H,23,25)/t16-,17-. The number of rotatable bonds is 8. The molecule has 2 aromatic rings. The lowest BCUT2D eigenvalue weighted by Gasteiger charge is -2.28. The van der Waals surface area contributed by atoms with Gasteiger partial charge in [0, 0.05) is 37.0 Å². The molecule has 3 rings (SSSR count). The number of nitrogens with one attached hydrogen (secondary N) is 2. The molecular formula is C21H27N3O5S. The Hall–Kier alpha value is -2.65. The van der Waals surface area contributed by atoms with Crippen LogP contribution in [0, 0.1) is 5.92 Å². The van der Waals surface area contributed by atoms with Gasteiger partial charge in [0.15, 0.2) is 11.5 Å². The minimum absolute atomic E-state index is 0.0000472. The van der Waals surface area contributed by atoms with E-state index in [2.05, 4.69) is 15.0 Å². The molecule has 0 radical (unpaired) electrons. The second kappa shape index (κ2) is 9.90. The molecule has 0 unspecified atom stereocenters. The van der Waals surface area contributed by atoms with Crippen molar-refractivity contribution in [3.63, 3.8) is 0 Å². The van der Waals surface area contributed by atoms with E-state index in [9.17, 15) is 13.2 Å². The van der Waals surface area contributed by atoms with Gasteiger partial charge in [-0.05, 0) is 49.4 Å². The summed E-state index contributed by atoms with van der Waals surface area (Å²) in [7, 11) is -0.738. The number of hydrogen-bond donors (Lipinski definition) is 2. The van der Waals surface area contributed by atoms with E-state index in [1.54, 1.807) is 18.5 Å². The highest BCUT2D eigenvalue weighted by atomic mass is 32.2.